The average Bonchev–Trinajstić information content (AvgIpc) is 2.33. The van der Waals surface area contributed by atoms with Gasteiger partial charge in [0.15, 0.2) is 0 Å². The minimum atomic E-state index is -1.07. The third-order valence-corrected chi connectivity index (χ3v) is 8.54. The second-order valence-electron chi connectivity index (χ2n) is 2.59. The van der Waals surface area contributed by atoms with Crippen LogP contribution in [0.3, 0.4) is 0 Å². The van der Waals surface area contributed by atoms with Gasteiger partial charge in [-0.05, 0) is 0 Å². The van der Waals surface area contributed by atoms with E-state index in [1.807, 2.05) is 6.07 Å². The standard InChI is InChI=1S/C6H5OS.2CH3.Sb/c1-5(7)6-3-2-4-8-6;;;/h2-3H,1H3;2*1H3;. The van der Waals surface area contributed by atoms with Crippen molar-refractivity contribution in [3.05, 3.63) is 17.0 Å². The maximum absolute atomic E-state index is 10.9. The summed E-state index contributed by atoms with van der Waals surface area (Å²) in [4.78, 5) is 16.5. The van der Waals surface area contributed by atoms with Gasteiger partial charge < -0.3 is 0 Å². The summed E-state index contributed by atoms with van der Waals surface area (Å²) < 4.78 is 1.47. The van der Waals surface area contributed by atoms with Gasteiger partial charge in [0.2, 0.25) is 0 Å². The predicted octanol–water partition coefficient (Wildman–Crippen LogP) is 1.91. The summed E-state index contributed by atoms with van der Waals surface area (Å²) in [6, 6.07) is 4.07. The van der Waals surface area contributed by atoms with Crippen molar-refractivity contribution in [1.29, 1.82) is 0 Å². The number of rotatable bonds is 2. The summed E-state index contributed by atoms with van der Waals surface area (Å²) in [6.07, 6.45) is 0. The Morgan fingerprint density at radius 2 is 2.09 bits per heavy atom. The molecule has 0 atom stereocenters. The molecule has 0 aliphatic carbocycles. The number of hydrogen-bond acceptors (Lipinski definition) is 2. The van der Waals surface area contributed by atoms with Crippen LogP contribution in [0.4, 0.5) is 0 Å². The van der Waals surface area contributed by atoms with Crippen LogP contribution in [0.25, 0.3) is 0 Å². The first-order chi connectivity index (χ1) is 5.11. The molecule has 0 saturated carbocycles. The molecular formula is C8H11OSSb. The molecule has 0 aliphatic rings. The van der Waals surface area contributed by atoms with Gasteiger partial charge in [-0.3, -0.25) is 0 Å². The van der Waals surface area contributed by atoms with Crippen LogP contribution in [0.2, 0.25) is 9.74 Å². The monoisotopic (exact) mass is 276 g/mol. The Kier molecular flexibility index (Phi) is 3.14. The van der Waals surface area contributed by atoms with E-state index in [0.717, 1.165) is 4.88 Å². The van der Waals surface area contributed by atoms with Crippen molar-refractivity contribution in [2.75, 3.05) is 0 Å². The number of ketones is 1. The molecule has 1 nitrogen and oxygen atoms in total. The van der Waals surface area contributed by atoms with Crippen molar-refractivity contribution in [2.45, 2.75) is 16.7 Å². The van der Waals surface area contributed by atoms with Crippen LogP contribution in [0.1, 0.15) is 16.6 Å². The summed E-state index contributed by atoms with van der Waals surface area (Å²) in [7, 11) is 0. The minimum absolute atomic E-state index is 0.198. The molecule has 0 amide bonds. The van der Waals surface area contributed by atoms with Crippen LogP contribution in [-0.2, 0) is 0 Å². The summed E-state index contributed by atoms with van der Waals surface area (Å²) in [6.45, 7) is 1.63. The first kappa shape index (κ1) is 9.28. The number of hydrogen-bond donors (Lipinski definition) is 0. The van der Waals surface area contributed by atoms with Gasteiger partial charge in [0.25, 0.3) is 0 Å². The topological polar surface area (TPSA) is 17.1 Å². The van der Waals surface area contributed by atoms with E-state index < -0.39 is 20.2 Å². The molecule has 0 aliphatic heterocycles. The summed E-state index contributed by atoms with van der Waals surface area (Å²) in [5, 5.41) is 0. The van der Waals surface area contributed by atoms with E-state index in [2.05, 4.69) is 15.8 Å². The van der Waals surface area contributed by atoms with Gasteiger partial charge in [-0.25, -0.2) is 0 Å². The van der Waals surface area contributed by atoms with Crippen LogP contribution in [0.5, 0.6) is 0 Å². The summed E-state index contributed by atoms with van der Waals surface area (Å²) in [5.41, 5.74) is 0. The Labute approximate surface area is 78.4 Å². The van der Waals surface area contributed by atoms with Gasteiger partial charge >= 0.3 is 78.6 Å². The number of thiophene rings is 1. The van der Waals surface area contributed by atoms with Gasteiger partial charge in [0.1, 0.15) is 0 Å². The molecule has 0 radical (unpaired) electrons. The Hall–Kier alpha value is 0.188. The molecule has 0 fully saturated rings. The summed E-state index contributed by atoms with van der Waals surface area (Å²) in [5.74, 6) is 0.198. The Bertz CT molecular complexity index is 265. The Balaban J connectivity index is 2.90. The van der Waals surface area contributed by atoms with Gasteiger partial charge in [-0.2, -0.15) is 0 Å². The third kappa shape index (κ3) is 2.31. The fourth-order valence-electron chi connectivity index (χ4n) is 0.757. The van der Waals surface area contributed by atoms with E-state index in [0.29, 0.717) is 0 Å². The third-order valence-electron chi connectivity index (χ3n) is 1.38. The first-order valence-corrected chi connectivity index (χ1v) is 10.6. The second kappa shape index (κ2) is 3.73. The van der Waals surface area contributed by atoms with E-state index in [9.17, 15) is 4.79 Å². The van der Waals surface area contributed by atoms with E-state index in [1.165, 1.54) is 2.82 Å². The SMILES string of the molecule is CC(=O)c1cc[c]([Sb]([CH3])[CH3])s1. The van der Waals surface area contributed by atoms with Crippen molar-refractivity contribution in [1.82, 2.24) is 0 Å². The van der Waals surface area contributed by atoms with E-state index >= 15 is 0 Å². The van der Waals surface area contributed by atoms with E-state index in [1.54, 1.807) is 18.3 Å². The first-order valence-electron chi connectivity index (χ1n) is 3.39. The second-order valence-corrected chi connectivity index (χ2v) is 11.1. The van der Waals surface area contributed by atoms with Crippen molar-refractivity contribution in [3.8, 4) is 0 Å². The van der Waals surface area contributed by atoms with Crippen LogP contribution >= 0.6 is 11.3 Å². The quantitative estimate of drug-likeness (QED) is 0.596. The molecule has 1 aromatic rings. The zero-order valence-corrected chi connectivity index (χ0v) is 10.3. The fourth-order valence-corrected chi connectivity index (χ4v) is 5.05. The van der Waals surface area contributed by atoms with Gasteiger partial charge in [0.05, 0.1) is 0 Å². The summed E-state index contributed by atoms with van der Waals surface area (Å²) >= 11 is 0.608. The molecule has 0 aromatic carbocycles. The molecule has 1 heterocycles. The molecule has 3 heteroatoms. The molecule has 0 unspecified atom stereocenters. The molecule has 1 rings (SSSR count). The molecular weight excluding hydrogens is 266 g/mol. The molecule has 0 saturated heterocycles. The molecule has 60 valence electrons. The van der Waals surface area contributed by atoms with Gasteiger partial charge in [-0.1, -0.05) is 0 Å². The van der Waals surface area contributed by atoms with Crippen molar-refractivity contribution < 1.29 is 4.79 Å². The van der Waals surface area contributed by atoms with Crippen LogP contribution in [0, 0.1) is 0 Å². The van der Waals surface area contributed by atoms with Crippen LogP contribution in [0.15, 0.2) is 12.1 Å². The molecule has 1 aromatic heterocycles. The number of Topliss-reactive ketones (excluding diaryl/α,β-unsaturated/α-hetero) is 1. The maximum atomic E-state index is 10.9. The van der Waals surface area contributed by atoms with Crippen LogP contribution in [-0.4, -0.2) is 26.0 Å². The Morgan fingerprint density at radius 3 is 2.36 bits per heavy atom. The van der Waals surface area contributed by atoms with Crippen molar-refractivity contribution in [3.63, 3.8) is 0 Å². The molecule has 11 heavy (non-hydrogen) atoms. The normalized spacial score (nSPS) is 10.5. The average molecular weight is 277 g/mol. The van der Waals surface area contributed by atoms with Crippen molar-refractivity contribution >= 4 is 40.2 Å². The van der Waals surface area contributed by atoms with E-state index in [4.69, 9.17) is 0 Å². The zero-order valence-electron chi connectivity index (χ0n) is 6.92. The van der Waals surface area contributed by atoms with E-state index in [-0.39, 0.29) is 5.78 Å². The fraction of sp³-hybridized carbons (Fsp3) is 0.375. The van der Waals surface area contributed by atoms with Gasteiger partial charge in [-0.15, -0.1) is 0 Å². The number of carbonyl (C=O) groups excluding carboxylic acids is 1. The van der Waals surface area contributed by atoms with Crippen LogP contribution < -0.4 is 2.82 Å². The van der Waals surface area contributed by atoms with Crippen molar-refractivity contribution in [2.24, 2.45) is 0 Å². The zero-order chi connectivity index (χ0) is 8.43. The molecule has 0 bridgehead atoms. The predicted molar refractivity (Wildman–Crippen MR) is 51.4 cm³/mol. The van der Waals surface area contributed by atoms with Gasteiger partial charge in [0, 0.05) is 0 Å². The Morgan fingerprint density at radius 1 is 1.45 bits per heavy atom. The molecule has 0 N–H and O–H groups in total. The number of carbonyl (C=O) groups is 1. The molecule has 0 spiro atoms.